The van der Waals surface area contributed by atoms with Crippen LogP contribution in [0.5, 0.6) is 11.7 Å². The Bertz CT molecular complexity index is 624. The number of aromatic carboxylic acids is 1. The predicted molar refractivity (Wildman–Crippen MR) is 66.7 cm³/mol. The smallest absolute Gasteiger partial charge is 0.387 e. The highest BCUT2D eigenvalue weighted by Crippen LogP contribution is 2.29. The van der Waals surface area contributed by atoms with Crippen LogP contribution in [0.15, 0.2) is 28.7 Å². The molecule has 0 aliphatic carbocycles. The van der Waals surface area contributed by atoms with E-state index in [-0.39, 0.29) is 29.9 Å². The molecule has 0 aliphatic rings. The first-order valence-corrected chi connectivity index (χ1v) is 5.93. The van der Waals surface area contributed by atoms with Crippen molar-refractivity contribution < 1.29 is 32.6 Å². The van der Waals surface area contributed by atoms with Crippen LogP contribution in [0.25, 0.3) is 11.5 Å². The fraction of sp³-hybridized carbons (Fsp3) is 0.231. The summed E-state index contributed by atoms with van der Waals surface area (Å²) in [5.41, 5.74) is 0.0600. The molecule has 0 atom stereocenters. The van der Waals surface area contributed by atoms with Gasteiger partial charge < -0.3 is 19.0 Å². The Morgan fingerprint density at radius 2 is 2.05 bits per heavy atom. The van der Waals surface area contributed by atoms with E-state index in [4.69, 9.17) is 14.3 Å². The van der Waals surface area contributed by atoms with Crippen molar-refractivity contribution in [1.82, 2.24) is 4.98 Å². The number of ether oxygens (including phenoxy) is 2. The van der Waals surface area contributed by atoms with Crippen molar-refractivity contribution in [2.75, 3.05) is 6.61 Å². The van der Waals surface area contributed by atoms with Gasteiger partial charge in [-0.15, -0.1) is 0 Å². The second-order valence-electron chi connectivity index (χ2n) is 3.80. The molecular formula is C13H11F2NO5. The molecule has 0 saturated heterocycles. The van der Waals surface area contributed by atoms with Gasteiger partial charge in [-0.3, -0.25) is 0 Å². The molecule has 0 amide bonds. The summed E-state index contributed by atoms with van der Waals surface area (Å²) in [6.45, 7) is -1.03. The Labute approximate surface area is 117 Å². The lowest BCUT2D eigenvalue weighted by molar-refractivity contribution is -0.0498. The van der Waals surface area contributed by atoms with Gasteiger partial charge in [0.25, 0.3) is 0 Å². The average molecular weight is 299 g/mol. The Balaban J connectivity index is 2.29. The first-order valence-electron chi connectivity index (χ1n) is 5.93. The lowest BCUT2D eigenvalue weighted by Crippen LogP contribution is -2.01. The van der Waals surface area contributed by atoms with Crippen molar-refractivity contribution >= 4 is 5.97 Å². The Morgan fingerprint density at radius 1 is 1.38 bits per heavy atom. The standard InChI is InChI=1S/C13H11F2NO5/c1-2-19-12-9(11(17)18)16-10(21-12)7-3-5-8(6-4-7)20-13(14)15/h3-6,13H,2H2,1H3,(H,17,18). The van der Waals surface area contributed by atoms with Gasteiger partial charge in [0.1, 0.15) is 5.75 Å². The van der Waals surface area contributed by atoms with Gasteiger partial charge in [-0.1, -0.05) is 0 Å². The van der Waals surface area contributed by atoms with E-state index in [0.29, 0.717) is 5.56 Å². The summed E-state index contributed by atoms with van der Waals surface area (Å²) >= 11 is 0. The zero-order valence-corrected chi connectivity index (χ0v) is 10.9. The number of hydrogen-bond donors (Lipinski definition) is 1. The molecule has 0 fully saturated rings. The molecular weight excluding hydrogens is 288 g/mol. The van der Waals surface area contributed by atoms with Crippen molar-refractivity contribution in [1.29, 1.82) is 0 Å². The number of aromatic nitrogens is 1. The monoisotopic (exact) mass is 299 g/mol. The molecule has 0 saturated carbocycles. The SMILES string of the molecule is CCOc1oc(-c2ccc(OC(F)F)cc2)nc1C(=O)O. The summed E-state index contributed by atoms with van der Waals surface area (Å²) in [6.07, 6.45) is 0. The van der Waals surface area contributed by atoms with Crippen molar-refractivity contribution in [2.45, 2.75) is 13.5 Å². The van der Waals surface area contributed by atoms with Crippen LogP contribution in [-0.4, -0.2) is 29.3 Å². The van der Waals surface area contributed by atoms with Crippen LogP contribution in [0, 0.1) is 0 Å². The van der Waals surface area contributed by atoms with Crippen LogP contribution in [0.4, 0.5) is 8.78 Å². The molecule has 1 N–H and O–H groups in total. The van der Waals surface area contributed by atoms with E-state index in [1.807, 2.05) is 0 Å². The van der Waals surface area contributed by atoms with E-state index in [9.17, 15) is 13.6 Å². The van der Waals surface area contributed by atoms with E-state index in [1.165, 1.54) is 24.3 Å². The molecule has 1 heterocycles. The molecule has 2 rings (SSSR count). The molecule has 0 radical (unpaired) electrons. The Kier molecular flexibility index (Phi) is 4.36. The molecule has 0 unspecified atom stereocenters. The third kappa shape index (κ3) is 3.47. The molecule has 1 aromatic heterocycles. The predicted octanol–water partition coefficient (Wildman–Crippen LogP) is 3.04. The lowest BCUT2D eigenvalue weighted by Gasteiger charge is -2.03. The lowest BCUT2D eigenvalue weighted by atomic mass is 10.2. The van der Waals surface area contributed by atoms with Crippen molar-refractivity contribution in [3.63, 3.8) is 0 Å². The van der Waals surface area contributed by atoms with Gasteiger partial charge in [0.15, 0.2) is 0 Å². The summed E-state index contributed by atoms with van der Waals surface area (Å²) in [5, 5.41) is 8.99. The molecule has 0 bridgehead atoms. The third-order valence-electron chi connectivity index (χ3n) is 2.40. The molecule has 8 heteroatoms. The largest absolute Gasteiger partial charge is 0.476 e. The topological polar surface area (TPSA) is 81.8 Å². The summed E-state index contributed by atoms with van der Waals surface area (Å²) in [6, 6.07) is 5.44. The molecule has 6 nitrogen and oxygen atoms in total. The molecule has 112 valence electrons. The van der Waals surface area contributed by atoms with Crippen LogP contribution in [-0.2, 0) is 0 Å². The zero-order chi connectivity index (χ0) is 15.4. The van der Waals surface area contributed by atoms with E-state index >= 15 is 0 Å². The summed E-state index contributed by atoms with van der Waals surface area (Å²) in [4.78, 5) is 14.8. The highest BCUT2D eigenvalue weighted by atomic mass is 19.3. The van der Waals surface area contributed by atoms with Crippen LogP contribution in [0.3, 0.4) is 0 Å². The summed E-state index contributed by atoms with van der Waals surface area (Å²) < 4.78 is 38.5. The fourth-order valence-corrected chi connectivity index (χ4v) is 1.57. The van der Waals surface area contributed by atoms with Crippen molar-refractivity contribution in [3.8, 4) is 23.1 Å². The van der Waals surface area contributed by atoms with Crippen LogP contribution < -0.4 is 9.47 Å². The number of oxazole rings is 1. The Hall–Kier alpha value is -2.64. The highest BCUT2D eigenvalue weighted by Gasteiger charge is 2.21. The van der Waals surface area contributed by atoms with Crippen LogP contribution in [0.2, 0.25) is 0 Å². The number of benzene rings is 1. The van der Waals surface area contributed by atoms with Gasteiger partial charge in [0.2, 0.25) is 11.6 Å². The highest BCUT2D eigenvalue weighted by molar-refractivity contribution is 5.88. The number of hydrogen-bond acceptors (Lipinski definition) is 5. The minimum Gasteiger partial charge on any atom is -0.476 e. The van der Waals surface area contributed by atoms with Crippen LogP contribution >= 0.6 is 0 Å². The fourth-order valence-electron chi connectivity index (χ4n) is 1.57. The Morgan fingerprint density at radius 3 is 2.57 bits per heavy atom. The molecule has 2 aromatic rings. The van der Waals surface area contributed by atoms with E-state index in [0.717, 1.165) is 0 Å². The zero-order valence-electron chi connectivity index (χ0n) is 10.9. The third-order valence-corrected chi connectivity index (χ3v) is 2.40. The average Bonchev–Trinajstić information content (AvgIpc) is 2.83. The first kappa shape index (κ1) is 14.8. The molecule has 0 spiro atoms. The maximum absolute atomic E-state index is 12.0. The number of alkyl halides is 2. The van der Waals surface area contributed by atoms with Gasteiger partial charge in [-0.05, 0) is 31.2 Å². The summed E-state index contributed by atoms with van der Waals surface area (Å²) in [7, 11) is 0. The van der Waals surface area contributed by atoms with E-state index < -0.39 is 12.6 Å². The van der Waals surface area contributed by atoms with Crippen LogP contribution in [0.1, 0.15) is 17.4 Å². The number of rotatable bonds is 6. The van der Waals surface area contributed by atoms with E-state index in [1.54, 1.807) is 6.92 Å². The molecule has 1 aromatic carbocycles. The van der Waals surface area contributed by atoms with Gasteiger partial charge in [-0.25, -0.2) is 4.79 Å². The van der Waals surface area contributed by atoms with Gasteiger partial charge in [-0.2, -0.15) is 13.8 Å². The number of halogens is 2. The second-order valence-corrected chi connectivity index (χ2v) is 3.80. The molecule has 0 aliphatic heterocycles. The van der Waals surface area contributed by atoms with Gasteiger partial charge in [0, 0.05) is 5.56 Å². The quantitative estimate of drug-likeness (QED) is 0.882. The number of nitrogens with zero attached hydrogens (tertiary/aromatic N) is 1. The van der Waals surface area contributed by atoms with Gasteiger partial charge >= 0.3 is 18.5 Å². The minimum absolute atomic E-state index is 0.0134. The maximum Gasteiger partial charge on any atom is 0.387 e. The first-order chi connectivity index (χ1) is 10.0. The van der Waals surface area contributed by atoms with Crippen molar-refractivity contribution in [2.24, 2.45) is 0 Å². The molecule has 21 heavy (non-hydrogen) atoms. The van der Waals surface area contributed by atoms with Crippen molar-refractivity contribution in [3.05, 3.63) is 30.0 Å². The van der Waals surface area contributed by atoms with E-state index in [2.05, 4.69) is 9.72 Å². The number of carboxylic acid groups (broad SMARTS) is 1. The number of carbonyl (C=O) groups is 1. The maximum atomic E-state index is 12.0. The summed E-state index contributed by atoms with van der Waals surface area (Å²) in [5.74, 6) is -1.50. The number of carboxylic acids is 1. The minimum atomic E-state index is -2.92. The van der Waals surface area contributed by atoms with Gasteiger partial charge in [0.05, 0.1) is 6.61 Å². The normalized spacial score (nSPS) is 10.7. The second kappa shape index (κ2) is 6.21.